The molecular weight excluding hydrogens is 217 g/mol. The van der Waals surface area contributed by atoms with E-state index in [4.69, 9.17) is 16.3 Å². The average Bonchev–Trinajstić information content (AvgIpc) is 2.22. The van der Waals surface area contributed by atoms with E-state index in [1.54, 1.807) is 30.5 Å². The van der Waals surface area contributed by atoms with Gasteiger partial charge < -0.3 is 4.74 Å². The van der Waals surface area contributed by atoms with Crippen molar-refractivity contribution in [3.8, 4) is 11.5 Å². The van der Waals surface area contributed by atoms with E-state index in [1.807, 2.05) is 0 Å². The molecule has 15 heavy (non-hydrogen) atoms. The smallest absolute Gasteiger partial charge is 0.132 e. The number of nitrogens with zero attached hydrogens (tertiary/aromatic N) is 1. The number of hydrogen-bond donors (Lipinski definition) is 0. The Morgan fingerprint density at radius 3 is 2.47 bits per heavy atom. The van der Waals surface area contributed by atoms with Gasteiger partial charge in [0.2, 0.25) is 0 Å². The second kappa shape index (κ2) is 4.28. The highest BCUT2D eigenvalue weighted by molar-refractivity contribution is 6.29. The summed E-state index contributed by atoms with van der Waals surface area (Å²) in [7, 11) is 0. The molecule has 0 bridgehead atoms. The van der Waals surface area contributed by atoms with Crippen molar-refractivity contribution in [1.82, 2.24) is 4.98 Å². The van der Waals surface area contributed by atoms with Gasteiger partial charge in [-0.1, -0.05) is 11.6 Å². The second-order valence-corrected chi connectivity index (χ2v) is 3.26. The first-order chi connectivity index (χ1) is 7.24. The van der Waals surface area contributed by atoms with Crippen LogP contribution < -0.4 is 4.74 Å². The Bertz CT molecular complexity index is 458. The van der Waals surface area contributed by atoms with Crippen molar-refractivity contribution in [3.63, 3.8) is 0 Å². The van der Waals surface area contributed by atoms with Crippen molar-refractivity contribution in [2.45, 2.75) is 0 Å². The highest BCUT2D eigenvalue weighted by atomic mass is 35.5. The molecule has 2 nitrogen and oxygen atoms in total. The molecule has 0 aliphatic carbocycles. The summed E-state index contributed by atoms with van der Waals surface area (Å²) in [6, 6.07) is 9.02. The number of rotatable bonds is 2. The topological polar surface area (TPSA) is 22.1 Å². The van der Waals surface area contributed by atoms with Crippen LogP contribution in [0, 0.1) is 5.82 Å². The van der Waals surface area contributed by atoms with E-state index in [-0.39, 0.29) is 5.82 Å². The van der Waals surface area contributed by atoms with Crippen molar-refractivity contribution in [1.29, 1.82) is 0 Å². The van der Waals surface area contributed by atoms with Crippen molar-refractivity contribution in [2.75, 3.05) is 0 Å². The lowest BCUT2D eigenvalue weighted by atomic mass is 10.3. The Balaban J connectivity index is 2.18. The molecule has 0 saturated carbocycles. The van der Waals surface area contributed by atoms with Crippen LogP contribution in [0.25, 0.3) is 0 Å². The summed E-state index contributed by atoms with van der Waals surface area (Å²) in [5.74, 6) is 0.829. The zero-order valence-electron chi connectivity index (χ0n) is 7.65. The summed E-state index contributed by atoms with van der Waals surface area (Å²) in [6.45, 7) is 0. The molecule has 2 rings (SSSR count). The highest BCUT2D eigenvalue weighted by Crippen LogP contribution is 2.22. The van der Waals surface area contributed by atoms with Crippen molar-refractivity contribution in [3.05, 3.63) is 53.6 Å². The van der Waals surface area contributed by atoms with E-state index < -0.39 is 0 Å². The van der Waals surface area contributed by atoms with E-state index in [9.17, 15) is 4.39 Å². The first kappa shape index (κ1) is 9.93. The monoisotopic (exact) mass is 223 g/mol. The molecule has 0 saturated heterocycles. The first-order valence-corrected chi connectivity index (χ1v) is 4.67. The van der Waals surface area contributed by atoms with Gasteiger partial charge >= 0.3 is 0 Å². The van der Waals surface area contributed by atoms with E-state index in [0.717, 1.165) is 0 Å². The Kier molecular flexibility index (Phi) is 2.83. The highest BCUT2D eigenvalue weighted by Gasteiger charge is 1.98. The number of hydrogen-bond acceptors (Lipinski definition) is 2. The first-order valence-electron chi connectivity index (χ1n) is 4.29. The predicted octanol–water partition coefficient (Wildman–Crippen LogP) is 3.67. The molecule has 1 aromatic heterocycles. The van der Waals surface area contributed by atoms with Crippen LogP contribution >= 0.6 is 11.6 Å². The Hall–Kier alpha value is -1.61. The third-order valence-corrected chi connectivity index (χ3v) is 1.95. The van der Waals surface area contributed by atoms with E-state index >= 15 is 0 Å². The van der Waals surface area contributed by atoms with Gasteiger partial charge in [0.15, 0.2) is 0 Å². The van der Waals surface area contributed by atoms with Gasteiger partial charge in [0, 0.05) is 12.3 Å². The number of aromatic nitrogens is 1. The Labute approximate surface area is 91.3 Å². The number of ether oxygens (including phenoxy) is 1. The molecule has 0 aliphatic rings. The SMILES string of the molecule is Fc1ccc(Oc2ccnc(Cl)c2)cc1. The molecule has 1 heterocycles. The van der Waals surface area contributed by atoms with Crippen molar-refractivity contribution >= 4 is 11.6 Å². The zero-order chi connectivity index (χ0) is 10.7. The predicted molar refractivity (Wildman–Crippen MR) is 55.7 cm³/mol. The summed E-state index contributed by atoms with van der Waals surface area (Å²) in [5, 5.41) is 0.356. The molecule has 76 valence electrons. The fourth-order valence-electron chi connectivity index (χ4n) is 1.09. The molecule has 1 aromatic carbocycles. The van der Waals surface area contributed by atoms with Crippen LogP contribution in [0.4, 0.5) is 4.39 Å². The van der Waals surface area contributed by atoms with Gasteiger partial charge in [-0.2, -0.15) is 0 Å². The molecule has 0 aliphatic heterocycles. The van der Waals surface area contributed by atoms with E-state index in [2.05, 4.69) is 4.98 Å². The molecule has 0 fully saturated rings. The third-order valence-electron chi connectivity index (χ3n) is 1.75. The van der Waals surface area contributed by atoms with Crippen LogP contribution in [0.15, 0.2) is 42.6 Å². The van der Waals surface area contributed by atoms with Gasteiger partial charge in [-0.25, -0.2) is 9.37 Å². The fourth-order valence-corrected chi connectivity index (χ4v) is 1.25. The minimum Gasteiger partial charge on any atom is -0.457 e. The molecule has 4 heteroatoms. The summed E-state index contributed by atoms with van der Waals surface area (Å²) in [4.78, 5) is 3.82. The van der Waals surface area contributed by atoms with Gasteiger partial charge in [-0.3, -0.25) is 0 Å². The lowest BCUT2D eigenvalue weighted by Gasteiger charge is -2.04. The minimum absolute atomic E-state index is 0.296. The molecule has 0 radical (unpaired) electrons. The lowest BCUT2D eigenvalue weighted by Crippen LogP contribution is -1.85. The lowest BCUT2D eigenvalue weighted by molar-refractivity contribution is 0.480. The number of benzene rings is 1. The molecular formula is C11H7ClFNO. The molecule has 0 unspecified atom stereocenters. The van der Waals surface area contributed by atoms with Crippen LogP contribution in [0.1, 0.15) is 0 Å². The van der Waals surface area contributed by atoms with E-state index in [1.165, 1.54) is 12.1 Å². The van der Waals surface area contributed by atoms with Crippen molar-refractivity contribution < 1.29 is 9.13 Å². The van der Waals surface area contributed by atoms with Gasteiger partial charge in [0.1, 0.15) is 22.5 Å². The second-order valence-electron chi connectivity index (χ2n) is 2.87. The fraction of sp³-hybridized carbons (Fsp3) is 0. The van der Waals surface area contributed by atoms with Gasteiger partial charge in [0.05, 0.1) is 0 Å². The van der Waals surface area contributed by atoms with Crippen LogP contribution in [0.3, 0.4) is 0 Å². The third kappa shape index (κ3) is 2.67. The maximum Gasteiger partial charge on any atom is 0.132 e. The molecule has 0 N–H and O–H groups in total. The number of pyridine rings is 1. The molecule has 0 amide bonds. The maximum atomic E-state index is 12.6. The Morgan fingerprint density at radius 2 is 1.80 bits per heavy atom. The quantitative estimate of drug-likeness (QED) is 0.725. The minimum atomic E-state index is -0.296. The van der Waals surface area contributed by atoms with Crippen LogP contribution in [-0.2, 0) is 0 Å². The summed E-state index contributed by atoms with van der Waals surface area (Å²) in [6.07, 6.45) is 1.54. The van der Waals surface area contributed by atoms with Gasteiger partial charge in [0.25, 0.3) is 0 Å². The number of halogens is 2. The molecule has 0 spiro atoms. The van der Waals surface area contributed by atoms with Crippen LogP contribution in [0.5, 0.6) is 11.5 Å². The summed E-state index contributed by atoms with van der Waals surface area (Å²) < 4.78 is 18.0. The standard InChI is InChI=1S/C11H7ClFNO/c12-11-7-10(5-6-14-11)15-9-3-1-8(13)2-4-9/h1-7H. The van der Waals surface area contributed by atoms with Gasteiger partial charge in [-0.05, 0) is 30.3 Å². The average molecular weight is 224 g/mol. The molecule has 0 atom stereocenters. The normalized spacial score (nSPS) is 10.0. The van der Waals surface area contributed by atoms with Crippen molar-refractivity contribution in [2.24, 2.45) is 0 Å². The van der Waals surface area contributed by atoms with Gasteiger partial charge in [-0.15, -0.1) is 0 Å². The summed E-state index contributed by atoms with van der Waals surface area (Å²) in [5.41, 5.74) is 0. The summed E-state index contributed by atoms with van der Waals surface area (Å²) >= 11 is 5.69. The van der Waals surface area contributed by atoms with E-state index in [0.29, 0.717) is 16.7 Å². The maximum absolute atomic E-state index is 12.6. The van der Waals surface area contributed by atoms with Crippen LogP contribution in [0.2, 0.25) is 5.15 Å². The zero-order valence-corrected chi connectivity index (χ0v) is 8.41. The van der Waals surface area contributed by atoms with Crippen LogP contribution in [-0.4, -0.2) is 4.98 Å². The molecule has 2 aromatic rings. The largest absolute Gasteiger partial charge is 0.457 e. The Morgan fingerprint density at radius 1 is 1.07 bits per heavy atom.